The van der Waals surface area contributed by atoms with Crippen LogP contribution >= 0.6 is 0 Å². The molecular formula is C14H21FN2O2. The highest BCUT2D eigenvalue weighted by Gasteiger charge is 1.98. The van der Waals surface area contributed by atoms with E-state index in [1.165, 1.54) is 12.1 Å². The van der Waals surface area contributed by atoms with Crippen molar-refractivity contribution in [2.24, 2.45) is 0 Å². The maximum absolute atomic E-state index is 12.7. The van der Waals surface area contributed by atoms with Gasteiger partial charge in [-0.1, -0.05) is 25.0 Å². The van der Waals surface area contributed by atoms with E-state index in [9.17, 15) is 9.18 Å². The topological polar surface area (TPSA) is 61.4 Å². The first-order chi connectivity index (χ1) is 9.22. The average molecular weight is 268 g/mol. The van der Waals surface area contributed by atoms with E-state index in [2.05, 4.69) is 5.32 Å². The molecule has 0 fully saturated rings. The molecular weight excluding hydrogens is 247 g/mol. The van der Waals surface area contributed by atoms with E-state index in [0.717, 1.165) is 44.3 Å². The number of benzene rings is 1. The predicted octanol–water partition coefficient (Wildman–Crippen LogP) is 2.37. The number of nitrogens with one attached hydrogen (secondary N) is 2. The van der Waals surface area contributed by atoms with E-state index >= 15 is 0 Å². The van der Waals surface area contributed by atoms with Gasteiger partial charge in [0.25, 0.3) is 0 Å². The number of hydroxylamine groups is 1. The molecule has 0 heterocycles. The van der Waals surface area contributed by atoms with Crippen molar-refractivity contribution in [2.45, 2.75) is 38.6 Å². The first-order valence-electron chi connectivity index (χ1n) is 6.60. The number of unbranched alkanes of at least 4 members (excludes halogenated alkanes) is 3. The molecule has 0 spiro atoms. The summed E-state index contributed by atoms with van der Waals surface area (Å²) in [6.07, 6.45) is 4.24. The van der Waals surface area contributed by atoms with Crippen molar-refractivity contribution in [3.8, 4) is 0 Å². The van der Waals surface area contributed by atoms with Gasteiger partial charge in [-0.25, -0.2) is 9.87 Å². The average Bonchev–Trinajstić information content (AvgIpc) is 2.43. The normalized spacial score (nSPS) is 10.4. The van der Waals surface area contributed by atoms with Crippen LogP contribution in [0.3, 0.4) is 0 Å². The summed E-state index contributed by atoms with van der Waals surface area (Å²) in [5.74, 6) is -0.537. The molecule has 0 bridgehead atoms. The Bertz CT molecular complexity index is 368. The molecule has 1 aromatic rings. The third-order valence-corrected chi connectivity index (χ3v) is 2.87. The quantitative estimate of drug-likeness (QED) is 0.366. The lowest BCUT2D eigenvalue weighted by Gasteiger charge is -2.05. The van der Waals surface area contributed by atoms with Crippen molar-refractivity contribution in [3.05, 3.63) is 35.6 Å². The van der Waals surface area contributed by atoms with Gasteiger partial charge in [-0.2, -0.15) is 0 Å². The van der Waals surface area contributed by atoms with Crippen LogP contribution in [0, 0.1) is 5.82 Å². The van der Waals surface area contributed by atoms with Gasteiger partial charge in [0, 0.05) is 13.0 Å². The number of amides is 1. The van der Waals surface area contributed by atoms with Gasteiger partial charge in [-0.15, -0.1) is 0 Å². The SMILES string of the molecule is O=C(CCCCCCNCc1ccc(F)cc1)NO. The Morgan fingerprint density at radius 2 is 1.79 bits per heavy atom. The van der Waals surface area contributed by atoms with E-state index in [-0.39, 0.29) is 11.7 Å². The summed E-state index contributed by atoms with van der Waals surface area (Å²) in [4.78, 5) is 10.7. The van der Waals surface area contributed by atoms with Crippen LogP contribution in [0.15, 0.2) is 24.3 Å². The maximum Gasteiger partial charge on any atom is 0.243 e. The van der Waals surface area contributed by atoms with Crippen molar-refractivity contribution >= 4 is 5.91 Å². The number of hydrogen-bond acceptors (Lipinski definition) is 3. The fraction of sp³-hybridized carbons (Fsp3) is 0.500. The summed E-state index contributed by atoms with van der Waals surface area (Å²) in [6.45, 7) is 1.65. The number of carbonyl (C=O) groups is 1. The van der Waals surface area contributed by atoms with Crippen LogP contribution < -0.4 is 10.8 Å². The van der Waals surface area contributed by atoms with E-state index in [4.69, 9.17) is 5.21 Å². The lowest BCUT2D eigenvalue weighted by atomic mass is 10.1. The molecule has 1 amide bonds. The molecule has 0 saturated carbocycles. The molecule has 1 rings (SSSR count). The monoisotopic (exact) mass is 268 g/mol. The molecule has 0 aliphatic heterocycles. The molecule has 0 aromatic heterocycles. The lowest BCUT2D eigenvalue weighted by Crippen LogP contribution is -2.17. The number of carbonyl (C=O) groups excluding carboxylic acids is 1. The minimum absolute atomic E-state index is 0.212. The highest BCUT2D eigenvalue weighted by molar-refractivity contribution is 5.74. The van der Waals surface area contributed by atoms with Crippen molar-refractivity contribution < 1.29 is 14.4 Å². The molecule has 0 atom stereocenters. The Labute approximate surface area is 113 Å². The van der Waals surface area contributed by atoms with Crippen LogP contribution in [0.1, 0.15) is 37.7 Å². The van der Waals surface area contributed by atoms with Crippen molar-refractivity contribution in [2.75, 3.05) is 6.54 Å². The van der Waals surface area contributed by atoms with Gasteiger partial charge in [0.1, 0.15) is 5.82 Å². The molecule has 1 aromatic carbocycles. The number of rotatable bonds is 9. The van der Waals surface area contributed by atoms with Gasteiger partial charge in [0.05, 0.1) is 0 Å². The Hall–Kier alpha value is -1.46. The van der Waals surface area contributed by atoms with Gasteiger partial charge in [-0.05, 0) is 37.1 Å². The minimum Gasteiger partial charge on any atom is -0.313 e. The molecule has 5 heteroatoms. The molecule has 0 saturated heterocycles. The Morgan fingerprint density at radius 1 is 1.11 bits per heavy atom. The van der Waals surface area contributed by atoms with Gasteiger partial charge >= 0.3 is 0 Å². The van der Waals surface area contributed by atoms with Crippen LogP contribution in [0.25, 0.3) is 0 Å². The zero-order valence-electron chi connectivity index (χ0n) is 11.0. The number of halogens is 1. The summed E-state index contributed by atoms with van der Waals surface area (Å²) < 4.78 is 12.7. The maximum atomic E-state index is 12.7. The summed E-state index contributed by atoms with van der Waals surface area (Å²) >= 11 is 0. The molecule has 19 heavy (non-hydrogen) atoms. The molecule has 0 aliphatic rings. The first kappa shape index (κ1) is 15.6. The van der Waals surface area contributed by atoms with Gasteiger partial charge in [0.2, 0.25) is 5.91 Å². The van der Waals surface area contributed by atoms with Gasteiger partial charge < -0.3 is 5.32 Å². The lowest BCUT2D eigenvalue weighted by molar-refractivity contribution is -0.129. The standard InChI is InChI=1S/C14H21FN2O2/c15-13-8-6-12(7-9-13)11-16-10-4-2-1-3-5-14(18)17-19/h6-9,16,19H,1-5,10-11H2,(H,17,18). The number of hydrogen-bond donors (Lipinski definition) is 3. The highest BCUT2D eigenvalue weighted by Crippen LogP contribution is 2.04. The molecule has 0 unspecified atom stereocenters. The third-order valence-electron chi connectivity index (χ3n) is 2.87. The van der Waals surface area contributed by atoms with Crippen LogP contribution in [0.2, 0.25) is 0 Å². The second kappa shape index (κ2) is 9.47. The largest absolute Gasteiger partial charge is 0.313 e. The Kier molecular flexibility index (Phi) is 7.77. The van der Waals surface area contributed by atoms with Crippen molar-refractivity contribution in [3.63, 3.8) is 0 Å². The molecule has 0 radical (unpaired) electrons. The van der Waals surface area contributed by atoms with Crippen LogP contribution in [-0.4, -0.2) is 17.7 Å². The highest BCUT2D eigenvalue weighted by atomic mass is 19.1. The molecule has 106 valence electrons. The van der Waals surface area contributed by atoms with E-state index < -0.39 is 0 Å². The van der Waals surface area contributed by atoms with Gasteiger partial charge in [0.15, 0.2) is 0 Å². The first-order valence-corrected chi connectivity index (χ1v) is 6.60. The smallest absolute Gasteiger partial charge is 0.243 e. The fourth-order valence-corrected chi connectivity index (χ4v) is 1.78. The molecule has 3 N–H and O–H groups in total. The molecule has 0 aliphatic carbocycles. The zero-order valence-corrected chi connectivity index (χ0v) is 11.0. The summed E-state index contributed by atoms with van der Waals surface area (Å²) in [5.41, 5.74) is 2.69. The van der Waals surface area contributed by atoms with Crippen molar-refractivity contribution in [1.82, 2.24) is 10.8 Å². The fourth-order valence-electron chi connectivity index (χ4n) is 1.78. The summed E-state index contributed by atoms with van der Waals surface area (Å²) in [7, 11) is 0. The summed E-state index contributed by atoms with van der Waals surface area (Å²) in [5, 5.41) is 11.6. The molecule has 4 nitrogen and oxygen atoms in total. The Morgan fingerprint density at radius 3 is 2.47 bits per heavy atom. The van der Waals surface area contributed by atoms with Crippen LogP contribution in [-0.2, 0) is 11.3 Å². The predicted molar refractivity (Wildman–Crippen MR) is 71.1 cm³/mol. The minimum atomic E-state index is -0.325. The third kappa shape index (κ3) is 7.54. The van der Waals surface area contributed by atoms with E-state index in [0.29, 0.717) is 6.42 Å². The van der Waals surface area contributed by atoms with Crippen molar-refractivity contribution in [1.29, 1.82) is 0 Å². The van der Waals surface area contributed by atoms with Crippen LogP contribution in [0.5, 0.6) is 0 Å². The van der Waals surface area contributed by atoms with Gasteiger partial charge in [-0.3, -0.25) is 10.0 Å². The second-order valence-electron chi connectivity index (χ2n) is 4.50. The van der Waals surface area contributed by atoms with Crippen LogP contribution in [0.4, 0.5) is 4.39 Å². The van der Waals surface area contributed by atoms with E-state index in [1.54, 1.807) is 17.6 Å². The zero-order chi connectivity index (χ0) is 13.9. The Balaban J connectivity index is 1.94. The van der Waals surface area contributed by atoms with E-state index in [1.807, 2.05) is 0 Å². The summed E-state index contributed by atoms with van der Waals surface area (Å²) in [6, 6.07) is 6.47. The second-order valence-corrected chi connectivity index (χ2v) is 4.50.